The van der Waals surface area contributed by atoms with Crippen molar-refractivity contribution >= 4 is 15.9 Å². The zero-order valence-corrected chi connectivity index (χ0v) is 13.3. The molecule has 0 atom stereocenters. The average molecular weight is 326 g/mol. The van der Waals surface area contributed by atoms with Crippen LogP contribution in [0.5, 0.6) is 5.75 Å². The molecule has 106 valence electrons. The van der Waals surface area contributed by atoms with Crippen LogP contribution in [0.1, 0.15) is 44.1 Å². The maximum Gasteiger partial charge on any atom is 0.119 e. The molecule has 0 aliphatic heterocycles. The molecule has 2 nitrogen and oxygen atoms in total. The summed E-state index contributed by atoms with van der Waals surface area (Å²) in [5, 5.41) is 3.62. The van der Waals surface area contributed by atoms with Crippen molar-refractivity contribution in [3.63, 3.8) is 0 Å². The summed E-state index contributed by atoms with van der Waals surface area (Å²) in [5.41, 5.74) is 1.22. The fraction of sp³-hybridized carbons (Fsp3) is 0.625. The monoisotopic (exact) mass is 325 g/mol. The molecule has 1 aliphatic carbocycles. The summed E-state index contributed by atoms with van der Waals surface area (Å²) in [4.78, 5) is 0. The molecule has 1 N–H and O–H groups in total. The summed E-state index contributed by atoms with van der Waals surface area (Å²) in [6.07, 6.45) is 8.24. The minimum Gasteiger partial charge on any atom is -0.492 e. The Morgan fingerprint density at radius 2 is 1.95 bits per heavy atom. The average Bonchev–Trinajstić information content (AvgIpc) is 2.67. The molecule has 1 aromatic carbocycles. The van der Waals surface area contributed by atoms with Gasteiger partial charge in [-0.25, -0.2) is 0 Å². The smallest absolute Gasteiger partial charge is 0.119 e. The Kier molecular flexibility index (Phi) is 6.18. The van der Waals surface area contributed by atoms with Gasteiger partial charge in [0, 0.05) is 17.1 Å². The predicted octanol–water partition coefficient (Wildman–Crippen LogP) is 4.45. The number of benzene rings is 1. The molecule has 19 heavy (non-hydrogen) atoms. The normalized spacial score (nSPS) is 17.2. The number of rotatable bonds is 5. The van der Waals surface area contributed by atoms with Crippen molar-refractivity contribution in [2.24, 2.45) is 0 Å². The second kappa shape index (κ2) is 7.91. The minimum absolute atomic E-state index is 0.706. The number of hydrogen-bond acceptors (Lipinski definition) is 2. The first-order valence-corrected chi connectivity index (χ1v) is 8.17. The third kappa shape index (κ3) is 5.15. The van der Waals surface area contributed by atoms with E-state index in [9.17, 15) is 0 Å². The molecule has 0 unspecified atom stereocenters. The van der Waals surface area contributed by atoms with E-state index in [1.54, 1.807) is 0 Å². The van der Waals surface area contributed by atoms with Crippen LogP contribution < -0.4 is 10.1 Å². The molecule has 0 heterocycles. The Morgan fingerprint density at radius 3 is 2.63 bits per heavy atom. The van der Waals surface area contributed by atoms with Gasteiger partial charge in [-0.2, -0.15) is 0 Å². The first-order valence-electron chi connectivity index (χ1n) is 7.38. The molecule has 0 amide bonds. The highest BCUT2D eigenvalue weighted by Gasteiger charge is 2.10. The Balaban J connectivity index is 1.67. The van der Waals surface area contributed by atoms with Crippen LogP contribution in [0, 0.1) is 6.92 Å². The standard InChI is InChI=1S/C16H24BrNO/c1-13-12-15(8-9-16(13)17)19-11-10-18-14-6-4-2-3-5-7-14/h8-9,12,14,18H,2-7,10-11H2,1H3. The molecule has 1 aromatic rings. The summed E-state index contributed by atoms with van der Waals surface area (Å²) in [5.74, 6) is 0.961. The van der Waals surface area contributed by atoms with Crippen LogP contribution in [0.2, 0.25) is 0 Å². The molecule has 1 fully saturated rings. The van der Waals surface area contributed by atoms with Crippen LogP contribution in [0.25, 0.3) is 0 Å². The van der Waals surface area contributed by atoms with Crippen molar-refractivity contribution in [1.82, 2.24) is 5.32 Å². The van der Waals surface area contributed by atoms with Gasteiger partial charge in [-0.1, -0.05) is 41.6 Å². The summed E-state index contributed by atoms with van der Waals surface area (Å²) in [6, 6.07) is 6.85. The van der Waals surface area contributed by atoms with E-state index in [-0.39, 0.29) is 0 Å². The third-order valence-electron chi connectivity index (χ3n) is 3.79. The van der Waals surface area contributed by atoms with Crippen LogP contribution >= 0.6 is 15.9 Å². The second-order valence-corrected chi connectivity index (χ2v) is 6.26. The van der Waals surface area contributed by atoms with Crippen LogP contribution in [-0.4, -0.2) is 19.2 Å². The van der Waals surface area contributed by atoms with E-state index in [0.717, 1.165) is 23.4 Å². The topological polar surface area (TPSA) is 21.3 Å². The van der Waals surface area contributed by atoms with Gasteiger partial charge >= 0.3 is 0 Å². The van der Waals surface area contributed by atoms with Crippen LogP contribution in [-0.2, 0) is 0 Å². The van der Waals surface area contributed by atoms with Gasteiger partial charge in [-0.3, -0.25) is 0 Å². The number of hydrogen-bond donors (Lipinski definition) is 1. The van der Waals surface area contributed by atoms with Gasteiger partial charge in [0.15, 0.2) is 0 Å². The van der Waals surface area contributed by atoms with Crippen molar-refractivity contribution in [3.05, 3.63) is 28.2 Å². The minimum atomic E-state index is 0.706. The maximum atomic E-state index is 5.78. The van der Waals surface area contributed by atoms with Gasteiger partial charge in [0.1, 0.15) is 12.4 Å². The number of halogens is 1. The van der Waals surface area contributed by atoms with Gasteiger partial charge in [0.2, 0.25) is 0 Å². The lowest BCUT2D eigenvalue weighted by Crippen LogP contribution is -2.32. The molecule has 0 spiro atoms. The van der Waals surface area contributed by atoms with Crippen molar-refractivity contribution in [1.29, 1.82) is 0 Å². The zero-order chi connectivity index (χ0) is 13.5. The van der Waals surface area contributed by atoms with Gasteiger partial charge in [0.25, 0.3) is 0 Å². The molecule has 0 radical (unpaired) electrons. The van der Waals surface area contributed by atoms with Crippen molar-refractivity contribution < 1.29 is 4.74 Å². The molecule has 0 aromatic heterocycles. The second-order valence-electron chi connectivity index (χ2n) is 5.40. The number of nitrogens with one attached hydrogen (secondary N) is 1. The van der Waals surface area contributed by atoms with E-state index >= 15 is 0 Å². The van der Waals surface area contributed by atoms with E-state index in [4.69, 9.17) is 4.74 Å². The van der Waals surface area contributed by atoms with Gasteiger partial charge in [-0.05, 0) is 43.5 Å². The van der Waals surface area contributed by atoms with Crippen molar-refractivity contribution in [2.75, 3.05) is 13.2 Å². The van der Waals surface area contributed by atoms with Gasteiger partial charge < -0.3 is 10.1 Å². The third-order valence-corrected chi connectivity index (χ3v) is 4.68. The largest absolute Gasteiger partial charge is 0.492 e. The summed E-state index contributed by atoms with van der Waals surface area (Å²) < 4.78 is 6.92. The van der Waals surface area contributed by atoms with Crippen LogP contribution in [0.3, 0.4) is 0 Å². The zero-order valence-electron chi connectivity index (χ0n) is 11.8. The quantitative estimate of drug-likeness (QED) is 0.638. The molecular formula is C16H24BrNO. The van der Waals surface area contributed by atoms with E-state index < -0.39 is 0 Å². The number of aryl methyl sites for hydroxylation is 1. The van der Waals surface area contributed by atoms with Crippen molar-refractivity contribution in [3.8, 4) is 5.75 Å². The predicted molar refractivity (Wildman–Crippen MR) is 83.9 cm³/mol. The molecule has 2 rings (SSSR count). The summed E-state index contributed by atoms with van der Waals surface area (Å²) in [6.45, 7) is 3.78. The first kappa shape index (κ1) is 14.9. The fourth-order valence-electron chi connectivity index (χ4n) is 2.62. The highest BCUT2D eigenvalue weighted by Crippen LogP contribution is 2.21. The highest BCUT2D eigenvalue weighted by molar-refractivity contribution is 9.10. The van der Waals surface area contributed by atoms with Gasteiger partial charge in [0.05, 0.1) is 0 Å². The van der Waals surface area contributed by atoms with Crippen molar-refractivity contribution in [2.45, 2.75) is 51.5 Å². The van der Waals surface area contributed by atoms with E-state index in [2.05, 4.69) is 34.2 Å². The van der Waals surface area contributed by atoms with E-state index in [0.29, 0.717) is 6.04 Å². The number of ether oxygens (including phenoxy) is 1. The Morgan fingerprint density at radius 1 is 1.21 bits per heavy atom. The lowest BCUT2D eigenvalue weighted by atomic mass is 10.1. The van der Waals surface area contributed by atoms with E-state index in [1.165, 1.54) is 44.1 Å². The summed E-state index contributed by atoms with van der Waals surface area (Å²) in [7, 11) is 0. The molecular weight excluding hydrogens is 302 g/mol. The Bertz CT molecular complexity index is 386. The van der Waals surface area contributed by atoms with Crippen LogP contribution in [0.15, 0.2) is 22.7 Å². The fourth-order valence-corrected chi connectivity index (χ4v) is 2.87. The lowest BCUT2D eigenvalue weighted by molar-refractivity contribution is 0.300. The Hall–Kier alpha value is -0.540. The highest BCUT2D eigenvalue weighted by atomic mass is 79.9. The lowest BCUT2D eigenvalue weighted by Gasteiger charge is -2.16. The molecule has 1 saturated carbocycles. The SMILES string of the molecule is Cc1cc(OCCNC2CCCCCC2)ccc1Br. The molecule has 0 saturated heterocycles. The van der Waals surface area contributed by atoms with Crippen LogP contribution in [0.4, 0.5) is 0 Å². The Labute approximate surface area is 125 Å². The first-order chi connectivity index (χ1) is 9.25. The molecule has 1 aliphatic rings. The summed E-state index contributed by atoms with van der Waals surface area (Å²) >= 11 is 3.50. The maximum absolute atomic E-state index is 5.78. The van der Waals surface area contributed by atoms with Gasteiger partial charge in [-0.15, -0.1) is 0 Å². The molecule has 3 heteroatoms. The molecule has 0 bridgehead atoms. The van der Waals surface area contributed by atoms with E-state index in [1.807, 2.05) is 12.1 Å².